The summed E-state index contributed by atoms with van der Waals surface area (Å²) in [5, 5.41) is 9.23. The molecular weight excluding hydrogens is 420 g/mol. The molecule has 8 nitrogen and oxygen atoms in total. The predicted molar refractivity (Wildman–Crippen MR) is 124 cm³/mol. The second kappa shape index (κ2) is 10.6. The topological polar surface area (TPSA) is 86.2 Å². The fourth-order valence-corrected chi connectivity index (χ4v) is 4.21. The molecule has 2 aliphatic rings. The van der Waals surface area contributed by atoms with Crippen LogP contribution in [0, 0.1) is 0 Å². The van der Waals surface area contributed by atoms with E-state index in [0.717, 1.165) is 30.8 Å². The number of carbonyl (C=O) groups excluding carboxylic acids is 2. The predicted octanol–water partition coefficient (Wildman–Crippen LogP) is 1.76. The van der Waals surface area contributed by atoms with E-state index in [2.05, 4.69) is 9.88 Å². The molecule has 2 aliphatic heterocycles. The molecule has 33 heavy (non-hydrogen) atoms. The van der Waals surface area contributed by atoms with Gasteiger partial charge in [-0.15, -0.1) is 0 Å². The van der Waals surface area contributed by atoms with Gasteiger partial charge in [0.25, 0.3) is 11.8 Å². The van der Waals surface area contributed by atoms with E-state index in [0.29, 0.717) is 43.1 Å². The number of nitrogens with zero attached hydrogens (tertiary/aromatic N) is 4. The van der Waals surface area contributed by atoms with Gasteiger partial charge in [0, 0.05) is 45.1 Å². The second-order valence-corrected chi connectivity index (χ2v) is 8.20. The highest BCUT2D eigenvalue weighted by molar-refractivity contribution is 6.35. The molecule has 0 spiro atoms. The summed E-state index contributed by atoms with van der Waals surface area (Å²) in [6.45, 7) is 6.30. The number of rotatable bonds is 9. The van der Waals surface area contributed by atoms with Crippen molar-refractivity contribution in [2.45, 2.75) is 19.9 Å². The van der Waals surface area contributed by atoms with Crippen LogP contribution in [0.4, 0.5) is 0 Å². The number of imide groups is 1. The fourth-order valence-electron chi connectivity index (χ4n) is 4.21. The molecular formula is C25H30N4O4. The van der Waals surface area contributed by atoms with E-state index in [4.69, 9.17) is 4.74 Å². The van der Waals surface area contributed by atoms with Crippen molar-refractivity contribution < 1.29 is 19.4 Å². The average Bonchev–Trinajstić information content (AvgIpc) is 3.09. The maximum absolute atomic E-state index is 13.5. The summed E-state index contributed by atoms with van der Waals surface area (Å²) in [6.07, 6.45) is 4.23. The van der Waals surface area contributed by atoms with E-state index in [1.807, 2.05) is 48.2 Å². The number of hydrogen-bond acceptors (Lipinski definition) is 7. The molecule has 1 fully saturated rings. The molecule has 0 aliphatic carbocycles. The maximum atomic E-state index is 13.5. The van der Waals surface area contributed by atoms with Crippen LogP contribution in [0.3, 0.4) is 0 Å². The molecule has 2 amide bonds. The van der Waals surface area contributed by atoms with Gasteiger partial charge in [-0.05, 0) is 41.8 Å². The Labute approximate surface area is 194 Å². The van der Waals surface area contributed by atoms with Crippen molar-refractivity contribution >= 4 is 17.4 Å². The third-order valence-corrected chi connectivity index (χ3v) is 5.95. The summed E-state index contributed by atoms with van der Waals surface area (Å²) in [5.41, 5.74) is 2.46. The molecule has 0 bridgehead atoms. The summed E-state index contributed by atoms with van der Waals surface area (Å²) in [4.78, 5) is 36.6. The van der Waals surface area contributed by atoms with E-state index in [-0.39, 0.29) is 25.0 Å². The Bertz CT molecular complexity index is 999. The van der Waals surface area contributed by atoms with Crippen molar-refractivity contribution in [1.82, 2.24) is 19.7 Å². The molecule has 4 rings (SSSR count). The molecule has 174 valence electrons. The lowest BCUT2D eigenvalue weighted by Crippen LogP contribution is -2.48. The van der Waals surface area contributed by atoms with E-state index >= 15 is 0 Å². The minimum absolute atomic E-state index is 0.109. The van der Waals surface area contributed by atoms with Crippen LogP contribution in [0.5, 0.6) is 5.75 Å². The molecule has 1 N–H and O–H groups in total. The van der Waals surface area contributed by atoms with Crippen molar-refractivity contribution in [3.05, 3.63) is 65.6 Å². The van der Waals surface area contributed by atoms with Crippen LogP contribution in [0.15, 0.2) is 54.5 Å². The number of ether oxygens (including phenoxy) is 1. The van der Waals surface area contributed by atoms with Gasteiger partial charge in [0.2, 0.25) is 0 Å². The van der Waals surface area contributed by atoms with Crippen LogP contribution in [-0.2, 0) is 16.1 Å². The minimum Gasteiger partial charge on any atom is -0.494 e. The normalized spacial score (nSPS) is 17.3. The second-order valence-electron chi connectivity index (χ2n) is 8.20. The van der Waals surface area contributed by atoms with Gasteiger partial charge in [0.15, 0.2) is 0 Å². The fraction of sp³-hybridized carbons (Fsp3) is 0.400. The summed E-state index contributed by atoms with van der Waals surface area (Å²) in [6, 6.07) is 11.0. The standard InChI is InChI=1S/C25H30N4O4/c1-2-17-33-21-5-3-20(4-6-21)22-23(28-13-11-27(12-14-28)15-16-30)25(32)29(24(22)31)18-19-7-9-26-10-8-19/h3-10,30H,2,11-18H2,1H3. The molecule has 3 heterocycles. The number of benzene rings is 1. The lowest BCUT2D eigenvalue weighted by atomic mass is 10.0. The van der Waals surface area contributed by atoms with Gasteiger partial charge in [0.05, 0.1) is 25.3 Å². The van der Waals surface area contributed by atoms with E-state index in [1.165, 1.54) is 4.90 Å². The zero-order chi connectivity index (χ0) is 23.2. The molecule has 0 unspecified atom stereocenters. The van der Waals surface area contributed by atoms with Crippen molar-refractivity contribution in [1.29, 1.82) is 0 Å². The van der Waals surface area contributed by atoms with Gasteiger partial charge in [0.1, 0.15) is 11.4 Å². The lowest BCUT2D eigenvalue weighted by Gasteiger charge is -2.36. The first-order chi connectivity index (χ1) is 16.1. The molecule has 1 saturated heterocycles. The van der Waals surface area contributed by atoms with Crippen LogP contribution in [0.1, 0.15) is 24.5 Å². The highest BCUT2D eigenvalue weighted by Gasteiger charge is 2.42. The zero-order valence-corrected chi connectivity index (χ0v) is 18.9. The van der Waals surface area contributed by atoms with Crippen LogP contribution < -0.4 is 4.74 Å². The quantitative estimate of drug-likeness (QED) is 0.583. The number of aromatic nitrogens is 1. The van der Waals surface area contributed by atoms with Crippen LogP contribution in [-0.4, -0.2) is 82.5 Å². The van der Waals surface area contributed by atoms with Gasteiger partial charge < -0.3 is 14.7 Å². The highest BCUT2D eigenvalue weighted by atomic mass is 16.5. The van der Waals surface area contributed by atoms with Gasteiger partial charge in [-0.1, -0.05) is 19.1 Å². The Hall–Kier alpha value is -3.23. The number of piperazine rings is 1. The number of aliphatic hydroxyl groups excluding tert-OH is 1. The molecule has 1 aromatic carbocycles. The van der Waals surface area contributed by atoms with Crippen molar-refractivity contribution in [2.75, 3.05) is 45.9 Å². The Morgan fingerprint density at radius 3 is 2.30 bits per heavy atom. The first kappa shape index (κ1) is 22.9. The first-order valence-electron chi connectivity index (χ1n) is 11.4. The summed E-state index contributed by atoms with van der Waals surface area (Å²) in [7, 11) is 0. The Kier molecular flexibility index (Phi) is 7.36. The van der Waals surface area contributed by atoms with Crippen molar-refractivity contribution in [2.24, 2.45) is 0 Å². The Morgan fingerprint density at radius 1 is 0.970 bits per heavy atom. The van der Waals surface area contributed by atoms with E-state index < -0.39 is 0 Å². The monoisotopic (exact) mass is 450 g/mol. The largest absolute Gasteiger partial charge is 0.494 e. The van der Waals surface area contributed by atoms with E-state index in [9.17, 15) is 14.7 Å². The number of hydrogen-bond donors (Lipinski definition) is 1. The summed E-state index contributed by atoms with van der Waals surface area (Å²) < 4.78 is 5.68. The van der Waals surface area contributed by atoms with Crippen molar-refractivity contribution in [3.63, 3.8) is 0 Å². The van der Waals surface area contributed by atoms with Gasteiger partial charge in [-0.25, -0.2) is 0 Å². The Balaban J connectivity index is 1.64. The SMILES string of the molecule is CCCOc1ccc(C2=C(N3CCN(CCO)CC3)C(=O)N(Cc3ccncc3)C2=O)cc1. The summed E-state index contributed by atoms with van der Waals surface area (Å²) >= 11 is 0. The number of β-amino-alcohol motifs (C(OH)–C–C–N with tert-alkyl or cyclic N) is 1. The van der Waals surface area contributed by atoms with Crippen LogP contribution >= 0.6 is 0 Å². The number of amides is 2. The molecule has 2 aromatic rings. The molecule has 0 radical (unpaired) electrons. The van der Waals surface area contributed by atoms with Gasteiger partial charge >= 0.3 is 0 Å². The summed E-state index contributed by atoms with van der Waals surface area (Å²) in [5.74, 6) is 0.186. The third-order valence-electron chi connectivity index (χ3n) is 5.95. The maximum Gasteiger partial charge on any atom is 0.278 e. The minimum atomic E-state index is -0.285. The average molecular weight is 451 g/mol. The smallest absolute Gasteiger partial charge is 0.278 e. The number of aliphatic hydroxyl groups is 1. The van der Waals surface area contributed by atoms with Gasteiger partial charge in [-0.2, -0.15) is 0 Å². The molecule has 8 heteroatoms. The van der Waals surface area contributed by atoms with E-state index in [1.54, 1.807) is 12.4 Å². The van der Waals surface area contributed by atoms with Gasteiger partial charge in [-0.3, -0.25) is 24.4 Å². The molecule has 1 aromatic heterocycles. The lowest BCUT2D eigenvalue weighted by molar-refractivity contribution is -0.138. The Morgan fingerprint density at radius 2 is 1.67 bits per heavy atom. The number of pyridine rings is 1. The van der Waals surface area contributed by atoms with Crippen LogP contribution in [0.25, 0.3) is 5.57 Å². The molecule has 0 saturated carbocycles. The highest BCUT2D eigenvalue weighted by Crippen LogP contribution is 2.34. The zero-order valence-electron chi connectivity index (χ0n) is 18.9. The first-order valence-corrected chi connectivity index (χ1v) is 11.4. The number of carbonyl (C=O) groups is 2. The molecule has 0 atom stereocenters. The van der Waals surface area contributed by atoms with Crippen LogP contribution in [0.2, 0.25) is 0 Å². The van der Waals surface area contributed by atoms with Crippen molar-refractivity contribution in [3.8, 4) is 5.75 Å². The third kappa shape index (κ3) is 5.07.